The molecule has 0 saturated heterocycles. The Morgan fingerprint density at radius 1 is 1.44 bits per heavy atom. The predicted molar refractivity (Wildman–Crippen MR) is 70.1 cm³/mol. The molecule has 1 atom stereocenters. The molecule has 18 heavy (non-hydrogen) atoms. The van der Waals surface area contributed by atoms with E-state index in [4.69, 9.17) is 4.74 Å². The van der Waals surface area contributed by atoms with Crippen LogP contribution in [0.1, 0.15) is 25.8 Å². The Labute approximate surface area is 107 Å². The average molecular weight is 247 g/mol. The molecule has 0 aliphatic carbocycles. The van der Waals surface area contributed by atoms with Crippen LogP contribution in [0.4, 0.5) is 5.69 Å². The molecule has 0 amide bonds. The first kappa shape index (κ1) is 14.0. The van der Waals surface area contributed by atoms with Gasteiger partial charge in [0, 0.05) is 0 Å². The van der Waals surface area contributed by atoms with E-state index < -0.39 is 0 Å². The van der Waals surface area contributed by atoms with Crippen LogP contribution in [0.2, 0.25) is 0 Å². The molecule has 96 valence electrons. The van der Waals surface area contributed by atoms with Crippen molar-refractivity contribution in [2.45, 2.75) is 27.2 Å². The highest BCUT2D eigenvalue weighted by atomic mass is 16.6. The zero-order valence-corrected chi connectivity index (χ0v) is 11.1. The number of benzene rings is 1. The van der Waals surface area contributed by atoms with Crippen molar-refractivity contribution in [3.8, 4) is 0 Å². The lowest BCUT2D eigenvalue weighted by Crippen LogP contribution is -2.04. The van der Waals surface area contributed by atoms with Crippen LogP contribution in [0, 0.1) is 12.8 Å². The van der Waals surface area contributed by atoms with Gasteiger partial charge in [-0.2, -0.15) is 0 Å². The van der Waals surface area contributed by atoms with Gasteiger partial charge in [0.25, 0.3) is 0 Å². The average Bonchev–Trinajstić information content (AvgIpc) is 2.38. The fraction of sp³-hybridized carbons (Fsp3) is 0.429. The summed E-state index contributed by atoms with van der Waals surface area (Å²) in [4.78, 5) is 3.64. The molecule has 0 aliphatic rings. The van der Waals surface area contributed by atoms with Gasteiger partial charge in [-0.25, -0.2) is 0 Å². The summed E-state index contributed by atoms with van der Waals surface area (Å²) >= 11 is 0. The quantitative estimate of drug-likeness (QED) is 0.375. The smallest absolute Gasteiger partial charge is 0.441 e. The highest BCUT2D eigenvalue weighted by Gasteiger charge is 2.03. The van der Waals surface area contributed by atoms with E-state index in [1.54, 1.807) is 0 Å². The van der Waals surface area contributed by atoms with Gasteiger partial charge in [0.05, 0.1) is 6.61 Å². The molecule has 0 heterocycles. The first-order chi connectivity index (χ1) is 8.61. The second kappa shape index (κ2) is 7.33. The molecule has 1 aromatic carbocycles. The molecule has 1 rings (SSSR count). The van der Waals surface area contributed by atoms with Crippen molar-refractivity contribution in [3.05, 3.63) is 35.8 Å². The van der Waals surface area contributed by atoms with Crippen LogP contribution in [-0.2, 0) is 4.74 Å². The molecule has 0 aliphatic heterocycles. The van der Waals surface area contributed by atoms with Gasteiger partial charge in [0.1, 0.15) is 15.6 Å². The van der Waals surface area contributed by atoms with Gasteiger partial charge >= 0.3 is 11.8 Å². The standard InChI is InChI=1S/C14H18N2O2/c1-4-11(2)10-18-14(17)9-15-16-13-7-5-12(3)6-8-13/h5-8,11H,4,10H2,1-3H3/p+1/t11-/m0/s1. The number of aryl methyl sites for hydroxylation is 1. The van der Waals surface area contributed by atoms with Gasteiger partial charge in [-0.05, 0) is 25.0 Å². The molecular weight excluding hydrogens is 228 g/mol. The number of ether oxygens (including phenoxy) is 1. The van der Waals surface area contributed by atoms with Crippen molar-refractivity contribution < 1.29 is 14.6 Å². The second-order valence-corrected chi connectivity index (χ2v) is 4.28. The maximum atomic E-state index is 9.35. The first-order valence-electron chi connectivity index (χ1n) is 6.04. The number of rotatable bonds is 5. The van der Waals surface area contributed by atoms with Crippen molar-refractivity contribution in [1.82, 2.24) is 0 Å². The third kappa shape index (κ3) is 5.35. The zero-order chi connectivity index (χ0) is 13.4. The molecule has 0 spiro atoms. The van der Waals surface area contributed by atoms with Gasteiger partial charge in [-0.15, -0.1) is 0 Å². The maximum Gasteiger partial charge on any atom is 0.441 e. The molecule has 0 radical (unpaired) electrons. The minimum absolute atomic E-state index is 0.328. The van der Waals surface area contributed by atoms with Crippen LogP contribution in [0.5, 0.6) is 0 Å². The van der Waals surface area contributed by atoms with E-state index in [-0.39, 0.29) is 5.95 Å². The number of hydrogen-bond donors (Lipinski definition) is 1. The van der Waals surface area contributed by atoms with E-state index in [9.17, 15) is 5.11 Å². The van der Waals surface area contributed by atoms with Gasteiger partial charge < -0.3 is 9.84 Å². The molecule has 0 aromatic heterocycles. The Morgan fingerprint density at radius 3 is 2.72 bits per heavy atom. The molecule has 0 saturated carbocycles. The Hall–Kier alpha value is -2.02. The summed E-state index contributed by atoms with van der Waals surface area (Å²) < 4.78 is 5.06. The van der Waals surface area contributed by atoms with Crippen molar-refractivity contribution in [2.24, 2.45) is 11.0 Å². The van der Waals surface area contributed by atoms with Gasteiger partial charge in [0.15, 0.2) is 0 Å². The lowest BCUT2D eigenvalue weighted by atomic mass is 10.1. The topological polar surface area (TPSA) is 55.9 Å². The van der Waals surface area contributed by atoms with E-state index in [2.05, 4.69) is 22.7 Å². The van der Waals surface area contributed by atoms with E-state index in [1.807, 2.05) is 38.1 Å². The normalized spacial score (nSPS) is 11.1. The SMILES string of the molecule is CC[C@H](C)COC(O)=C=[N+]=Nc1ccc(C)cc1. The number of nitrogens with zero attached hydrogens (tertiary/aromatic N) is 2. The maximum absolute atomic E-state index is 9.35. The lowest BCUT2D eigenvalue weighted by Gasteiger charge is -2.06. The molecule has 0 unspecified atom stereocenters. The molecule has 0 fully saturated rings. The van der Waals surface area contributed by atoms with Crippen LogP contribution in [0.15, 0.2) is 35.3 Å². The van der Waals surface area contributed by atoms with E-state index in [0.29, 0.717) is 18.2 Å². The molecule has 4 heteroatoms. The van der Waals surface area contributed by atoms with Crippen molar-refractivity contribution in [1.29, 1.82) is 0 Å². The third-order valence-corrected chi connectivity index (χ3v) is 2.55. The minimum Gasteiger partial charge on any atom is -0.470 e. The minimum atomic E-state index is -0.328. The van der Waals surface area contributed by atoms with Gasteiger partial charge in [-0.1, -0.05) is 38.0 Å². The number of aliphatic hydroxyl groups excluding tert-OH is 1. The summed E-state index contributed by atoms with van der Waals surface area (Å²) in [5.41, 5.74) is 1.87. The van der Waals surface area contributed by atoms with Gasteiger partial charge in [0.2, 0.25) is 0 Å². The summed E-state index contributed by atoms with van der Waals surface area (Å²) in [6.45, 7) is 6.56. The van der Waals surface area contributed by atoms with E-state index in [0.717, 1.165) is 12.0 Å². The molecular formula is C14H19N2O2+. The first-order valence-corrected chi connectivity index (χ1v) is 6.04. The molecule has 0 bridgehead atoms. The number of hydrogen-bond acceptors (Lipinski definition) is 3. The Bertz CT molecular complexity index is 467. The van der Waals surface area contributed by atoms with E-state index in [1.165, 1.54) is 0 Å². The van der Waals surface area contributed by atoms with Crippen molar-refractivity contribution >= 4 is 11.6 Å². The Kier molecular flexibility index (Phi) is 5.72. The van der Waals surface area contributed by atoms with Crippen LogP contribution in [-0.4, -0.2) is 22.4 Å². The third-order valence-electron chi connectivity index (χ3n) is 2.55. The fourth-order valence-electron chi connectivity index (χ4n) is 1.11. The highest BCUT2D eigenvalue weighted by molar-refractivity contribution is 5.46. The molecule has 1 N–H and O–H groups in total. The van der Waals surface area contributed by atoms with Crippen LogP contribution in [0.3, 0.4) is 0 Å². The number of aliphatic hydroxyl groups is 1. The molecule has 1 aromatic rings. The summed E-state index contributed by atoms with van der Waals surface area (Å²) in [5.74, 6) is 2.40. The lowest BCUT2D eigenvalue weighted by molar-refractivity contribution is -0.0721. The zero-order valence-electron chi connectivity index (χ0n) is 11.1. The molecule has 4 nitrogen and oxygen atoms in total. The van der Waals surface area contributed by atoms with Crippen LogP contribution < -0.4 is 0 Å². The summed E-state index contributed by atoms with van der Waals surface area (Å²) in [7, 11) is 0. The van der Waals surface area contributed by atoms with Crippen molar-refractivity contribution in [2.75, 3.05) is 6.61 Å². The highest BCUT2D eigenvalue weighted by Crippen LogP contribution is 2.10. The summed E-state index contributed by atoms with van der Waals surface area (Å²) in [5, 5.41) is 13.2. The van der Waals surface area contributed by atoms with E-state index >= 15 is 0 Å². The summed E-state index contributed by atoms with van der Waals surface area (Å²) in [6.07, 6.45) is 0.998. The van der Waals surface area contributed by atoms with Crippen LogP contribution >= 0.6 is 0 Å². The van der Waals surface area contributed by atoms with Crippen LogP contribution in [0.25, 0.3) is 0 Å². The Morgan fingerprint density at radius 2 is 2.11 bits per heavy atom. The second-order valence-electron chi connectivity index (χ2n) is 4.28. The van der Waals surface area contributed by atoms with Crippen molar-refractivity contribution in [3.63, 3.8) is 0 Å². The predicted octanol–water partition coefficient (Wildman–Crippen LogP) is 3.42. The Balaban J connectivity index is 2.63. The monoisotopic (exact) mass is 247 g/mol. The van der Waals surface area contributed by atoms with Gasteiger partial charge in [-0.3, -0.25) is 0 Å². The fourth-order valence-corrected chi connectivity index (χ4v) is 1.11. The largest absolute Gasteiger partial charge is 0.470 e. The summed E-state index contributed by atoms with van der Waals surface area (Å²) in [6, 6.07) is 7.57.